The van der Waals surface area contributed by atoms with Crippen LogP contribution in [-0.2, 0) is 35.0 Å². The first-order valence-corrected chi connectivity index (χ1v) is 12.8. The van der Waals surface area contributed by atoms with Crippen molar-refractivity contribution in [3.8, 4) is 0 Å². The van der Waals surface area contributed by atoms with E-state index in [4.69, 9.17) is 32.0 Å². The Bertz CT molecular complexity index is 1540. The van der Waals surface area contributed by atoms with E-state index in [1.807, 2.05) is 22.8 Å². The molecular formula is C25H31ClN6O9. The number of imidazole rings is 1. The van der Waals surface area contributed by atoms with Crippen molar-refractivity contribution in [1.82, 2.24) is 23.6 Å². The van der Waals surface area contributed by atoms with Crippen LogP contribution >= 0.6 is 11.6 Å². The normalized spacial score (nSPS) is 14.0. The van der Waals surface area contributed by atoms with Crippen LogP contribution in [-0.4, -0.2) is 100 Å². The van der Waals surface area contributed by atoms with Crippen LogP contribution in [0.15, 0.2) is 40.2 Å². The monoisotopic (exact) mass is 594 g/mol. The van der Waals surface area contributed by atoms with E-state index in [9.17, 15) is 24.0 Å². The first kappa shape index (κ1) is 31.3. The van der Waals surface area contributed by atoms with Crippen molar-refractivity contribution in [2.24, 2.45) is 14.1 Å². The zero-order chi connectivity index (χ0) is 30.5. The van der Waals surface area contributed by atoms with Crippen molar-refractivity contribution in [3.63, 3.8) is 0 Å². The number of aryl methyl sites for hydroxylation is 1. The van der Waals surface area contributed by atoms with Crippen molar-refractivity contribution in [2.75, 3.05) is 37.6 Å². The highest BCUT2D eigenvalue weighted by Gasteiger charge is 2.40. The number of hydrogen-bond donors (Lipinski definition) is 4. The second kappa shape index (κ2) is 13.0. The number of hydrogen-bond acceptors (Lipinski definition) is 9. The molecule has 0 saturated carbocycles. The second-order valence-corrected chi connectivity index (χ2v) is 9.98. The number of rotatable bonds is 9. The Labute approximate surface area is 238 Å². The van der Waals surface area contributed by atoms with Crippen LogP contribution in [0.2, 0.25) is 5.02 Å². The van der Waals surface area contributed by atoms with Crippen molar-refractivity contribution < 1.29 is 34.8 Å². The molecule has 4 N–H and O–H groups in total. The molecule has 1 aromatic carbocycles. The van der Waals surface area contributed by atoms with Gasteiger partial charge in [0.25, 0.3) is 5.56 Å². The van der Waals surface area contributed by atoms with Gasteiger partial charge < -0.3 is 29.9 Å². The molecule has 4 rings (SSSR count). The minimum atomic E-state index is -2.74. The third kappa shape index (κ3) is 7.31. The van der Waals surface area contributed by atoms with Crippen LogP contribution in [0, 0.1) is 0 Å². The number of nitrogens with zero attached hydrogens (tertiary/aromatic N) is 6. The summed E-state index contributed by atoms with van der Waals surface area (Å²) in [6.07, 6.45) is -0.644. The number of anilines is 1. The average molecular weight is 595 g/mol. The molecule has 3 aromatic rings. The Hall–Kier alpha value is -4.21. The largest absolute Gasteiger partial charge is 0.481 e. The number of carbonyl (C=O) groups is 3. The van der Waals surface area contributed by atoms with Crippen molar-refractivity contribution in [1.29, 1.82) is 0 Å². The van der Waals surface area contributed by atoms with Crippen LogP contribution in [0.4, 0.5) is 5.69 Å². The standard InChI is InChI=1S/C19H23ClN6O2.C6H8O7/c1-22-17-16(18(27)23(2)19(22)28)26(13-21-17)12-9-24-7-10-25(11-8-24)15-6-4-3-5-14(15)20;7-3(8)1-6(13,5(11)12)2-4(9)10/h3-6,13H,7-12H2,1-2H3;13H,1-2H2,(H,7,8)(H,9,10)(H,11,12). The van der Waals surface area contributed by atoms with Gasteiger partial charge in [0.1, 0.15) is 0 Å². The van der Waals surface area contributed by atoms with E-state index in [0.29, 0.717) is 17.7 Å². The van der Waals surface area contributed by atoms with Crippen molar-refractivity contribution in [3.05, 3.63) is 56.5 Å². The Morgan fingerprint density at radius 3 is 2.05 bits per heavy atom. The number of aliphatic hydroxyl groups is 1. The summed E-state index contributed by atoms with van der Waals surface area (Å²) in [5, 5.41) is 34.6. The van der Waals surface area contributed by atoms with Gasteiger partial charge in [0, 0.05) is 53.4 Å². The van der Waals surface area contributed by atoms with Gasteiger partial charge in [-0.15, -0.1) is 0 Å². The molecule has 1 saturated heterocycles. The van der Waals surface area contributed by atoms with Gasteiger partial charge in [-0.2, -0.15) is 0 Å². The van der Waals surface area contributed by atoms with Gasteiger partial charge >= 0.3 is 23.6 Å². The van der Waals surface area contributed by atoms with E-state index in [2.05, 4.69) is 20.9 Å². The number of carboxylic acids is 3. The third-order valence-corrected chi connectivity index (χ3v) is 7.04. The Morgan fingerprint density at radius 2 is 1.51 bits per heavy atom. The van der Waals surface area contributed by atoms with Crippen LogP contribution in [0.3, 0.4) is 0 Å². The van der Waals surface area contributed by atoms with Gasteiger partial charge in [-0.25, -0.2) is 14.6 Å². The molecule has 16 heteroatoms. The molecule has 1 aliphatic heterocycles. The highest BCUT2D eigenvalue weighted by atomic mass is 35.5. The lowest BCUT2D eigenvalue weighted by Gasteiger charge is -2.36. The average Bonchev–Trinajstić information content (AvgIpc) is 3.34. The molecule has 0 amide bonds. The molecule has 222 valence electrons. The van der Waals surface area contributed by atoms with E-state index >= 15 is 0 Å². The lowest BCUT2D eigenvalue weighted by molar-refractivity contribution is -0.170. The molecule has 15 nitrogen and oxygen atoms in total. The number of para-hydroxylation sites is 1. The van der Waals surface area contributed by atoms with E-state index in [1.54, 1.807) is 13.4 Å². The molecule has 0 bridgehead atoms. The zero-order valence-electron chi connectivity index (χ0n) is 22.4. The minimum Gasteiger partial charge on any atom is -0.481 e. The summed E-state index contributed by atoms with van der Waals surface area (Å²) >= 11 is 6.31. The Balaban J connectivity index is 0.000000302. The van der Waals surface area contributed by atoms with E-state index in [0.717, 1.165) is 48.0 Å². The van der Waals surface area contributed by atoms with Crippen LogP contribution < -0.4 is 16.1 Å². The summed E-state index contributed by atoms with van der Waals surface area (Å²) in [6.45, 7) is 5.13. The topological polar surface area (TPSA) is 200 Å². The van der Waals surface area contributed by atoms with Gasteiger partial charge in [-0.3, -0.25) is 28.4 Å². The third-order valence-electron chi connectivity index (χ3n) is 6.73. The molecular weight excluding hydrogens is 564 g/mol. The maximum absolute atomic E-state index is 12.5. The SMILES string of the molecule is Cn1c(=O)c2c(ncn2CCN2CCN(c3ccccc3Cl)CC2)n(C)c1=O.O=C(O)CC(O)(CC(=O)O)C(=O)O. The summed E-state index contributed by atoms with van der Waals surface area (Å²) in [5.41, 5.74) is -1.43. The predicted molar refractivity (Wildman–Crippen MR) is 147 cm³/mol. The van der Waals surface area contributed by atoms with Gasteiger partial charge in [0.15, 0.2) is 16.8 Å². The van der Waals surface area contributed by atoms with Crippen LogP contribution in [0.5, 0.6) is 0 Å². The number of carboxylic acid groups (broad SMARTS) is 3. The molecule has 0 atom stereocenters. The fraction of sp³-hybridized carbons (Fsp3) is 0.440. The minimum absolute atomic E-state index is 0.306. The maximum atomic E-state index is 12.5. The van der Waals surface area contributed by atoms with Gasteiger partial charge in [-0.1, -0.05) is 23.7 Å². The van der Waals surface area contributed by atoms with Gasteiger partial charge in [0.2, 0.25) is 0 Å². The number of aromatic nitrogens is 4. The van der Waals surface area contributed by atoms with E-state index in [1.165, 1.54) is 11.6 Å². The first-order chi connectivity index (χ1) is 19.2. The zero-order valence-corrected chi connectivity index (χ0v) is 23.2. The highest BCUT2D eigenvalue weighted by Crippen LogP contribution is 2.26. The van der Waals surface area contributed by atoms with Crippen molar-refractivity contribution in [2.45, 2.75) is 25.0 Å². The maximum Gasteiger partial charge on any atom is 0.336 e. The summed E-state index contributed by atoms with van der Waals surface area (Å²) in [6, 6.07) is 7.92. The van der Waals surface area contributed by atoms with E-state index in [-0.39, 0.29) is 11.2 Å². The fourth-order valence-electron chi connectivity index (χ4n) is 4.45. The fourth-order valence-corrected chi connectivity index (χ4v) is 4.71. The molecule has 0 spiro atoms. The Morgan fingerprint density at radius 1 is 0.927 bits per heavy atom. The molecule has 0 radical (unpaired) electrons. The lowest BCUT2D eigenvalue weighted by atomic mass is 9.96. The first-order valence-electron chi connectivity index (χ1n) is 12.5. The molecule has 41 heavy (non-hydrogen) atoms. The van der Waals surface area contributed by atoms with Crippen LogP contribution in [0.25, 0.3) is 11.2 Å². The summed E-state index contributed by atoms with van der Waals surface area (Å²) in [5.74, 6) is -5.02. The highest BCUT2D eigenvalue weighted by molar-refractivity contribution is 6.33. The Kier molecular flexibility index (Phi) is 9.91. The quantitative estimate of drug-likeness (QED) is 0.251. The van der Waals surface area contributed by atoms with Gasteiger partial charge in [0.05, 0.1) is 29.9 Å². The molecule has 2 aromatic heterocycles. The predicted octanol–water partition coefficient (Wildman–Crippen LogP) is -0.339. The summed E-state index contributed by atoms with van der Waals surface area (Å²) < 4.78 is 4.38. The molecule has 3 heterocycles. The van der Waals surface area contributed by atoms with Crippen LogP contribution in [0.1, 0.15) is 12.8 Å². The number of fused-ring (bicyclic) bond motifs is 1. The number of aliphatic carboxylic acids is 3. The van der Waals surface area contributed by atoms with E-state index < -0.39 is 36.4 Å². The molecule has 1 fully saturated rings. The lowest BCUT2D eigenvalue weighted by Crippen LogP contribution is -2.47. The molecule has 1 aliphatic rings. The number of halogens is 1. The summed E-state index contributed by atoms with van der Waals surface area (Å²) in [7, 11) is 3.13. The second-order valence-electron chi connectivity index (χ2n) is 9.57. The summed E-state index contributed by atoms with van der Waals surface area (Å²) in [4.78, 5) is 64.0. The number of benzene rings is 1. The van der Waals surface area contributed by atoms with Gasteiger partial charge in [-0.05, 0) is 12.1 Å². The smallest absolute Gasteiger partial charge is 0.336 e. The number of piperazine rings is 1. The van der Waals surface area contributed by atoms with Crippen molar-refractivity contribution >= 4 is 46.4 Å². The molecule has 0 unspecified atom stereocenters. The molecule has 0 aliphatic carbocycles.